The van der Waals surface area contributed by atoms with Crippen molar-refractivity contribution < 1.29 is 4.79 Å². The van der Waals surface area contributed by atoms with E-state index in [0.717, 1.165) is 38.3 Å². The molecule has 4 rings (SSSR count). The molecule has 2 aromatic carbocycles. The maximum Gasteiger partial charge on any atom is 0.328 e. The lowest BCUT2D eigenvalue weighted by Gasteiger charge is -2.35. The Hall–Kier alpha value is -3.23. The highest BCUT2D eigenvalue weighted by atomic mass is 16.2. The number of benzene rings is 2. The van der Waals surface area contributed by atoms with Crippen molar-refractivity contribution in [1.82, 2.24) is 24.7 Å². The number of fused-ring (bicyclic) bond motifs is 1. The van der Waals surface area contributed by atoms with Gasteiger partial charge >= 0.3 is 5.69 Å². The molecule has 3 aromatic rings. The maximum absolute atomic E-state index is 12.9. The van der Waals surface area contributed by atoms with E-state index in [1.54, 1.807) is 24.3 Å². The van der Waals surface area contributed by atoms with E-state index in [-0.39, 0.29) is 24.9 Å². The van der Waals surface area contributed by atoms with E-state index in [1.807, 2.05) is 30.3 Å². The van der Waals surface area contributed by atoms with E-state index in [4.69, 9.17) is 0 Å². The number of nitrogens with one attached hydrogen (secondary N) is 2. The van der Waals surface area contributed by atoms with Crippen molar-refractivity contribution in [3.63, 3.8) is 0 Å². The van der Waals surface area contributed by atoms with Crippen LogP contribution in [0.5, 0.6) is 0 Å². The first-order chi connectivity index (χ1) is 15.5. The highest BCUT2D eigenvalue weighted by Crippen LogP contribution is 2.16. The van der Waals surface area contributed by atoms with Gasteiger partial charge in [0.25, 0.3) is 5.56 Å². The number of piperazine rings is 1. The Bertz CT molecular complexity index is 1180. The second-order valence-electron chi connectivity index (χ2n) is 8.31. The van der Waals surface area contributed by atoms with Gasteiger partial charge < -0.3 is 10.2 Å². The number of carbonyl (C=O) groups is 1. The Kier molecular flexibility index (Phi) is 6.82. The Labute approximate surface area is 186 Å². The number of hydrogen-bond donors (Lipinski definition) is 2. The van der Waals surface area contributed by atoms with Crippen LogP contribution in [0.4, 0.5) is 0 Å². The number of carbonyl (C=O) groups excluding carboxylic acids is 1. The third-order valence-electron chi connectivity index (χ3n) is 6.04. The molecule has 1 aliphatic rings. The van der Waals surface area contributed by atoms with Crippen LogP contribution in [-0.4, -0.2) is 65.0 Å². The summed E-state index contributed by atoms with van der Waals surface area (Å²) >= 11 is 0. The Balaban J connectivity index is 1.47. The molecule has 2 N–H and O–H groups in total. The fourth-order valence-electron chi connectivity index (χ4n) is 4.15. The van der Waals surface area contributed by atoms with Gasteiger partial charge in [0, 0.05) is 45.7 Å². The largest absolute Gasteiger partial charge is 0.348 e. The van der Waals surface area contributed by atoms with Gasteiger partial charge in [-0.3, -0.25) is 24.0 Å². The number of hydrogen-bond acceptors (Lipinski definition) is 5. The normalized spacial score (nSPS) is 16.2. The maximum atomic E-state index is 12.9. The summed E-state index contributed by atoms with van der Waals surface area (Å²) in [5, 5.41) is 3.59. The number of amides is 1. The summed E-state index contributed by atoms with van der Waals surface area (Å²) in [6.45, 7) is 4.89. The van der Waals surface area contributed by atoms with Crippen LogP contribution in [0.25, 0.3) is 10.9 Å². The highest BCUT2D eigenvalue weighted by Gasteiger charge is 2.21. The zero-order chi connectivity index (χ0) is 22.5. The van der Waals surface area contributed by atoms with Crippen LogP contribution in [-0.2, 0) is 11.3 Å². The first-order valence-corrected chi connectivity index (χ1v) is 11.0. The zero-order valence-electron chi connectivity index (χ0n) is 18.3. The van der Waals surface area contributed by atoms with Crippen LogP contribution in [0, 0.1) is 0 Å². The average Bonchev–Trinajstić information content (AvgIpc) is 2.80. The van der Waals surface area contributed by atoms with Crippen molar-refractivity contribution in [2.45, 2.75) is 19.0 Å². The standard InChI is InChI=1S/C24H29N5O3/c1-27-13-15-28(16-14-27)17-20(18-7-3-2-4-8-18)25-22(30)11-12-29-21-10-6-5-9-19(21)23(31)26-24(29)32/h2-10,20H,11-17H2,1H3,(H,25,30)(H,26,31,32). The molecule has 1 saturated heterocycles. The summed E-state index contributed by atoms with van der Waals surface area (Å²) in [4.78, 5) is 44.3. The fourth-order valence-corrected chi connectivity index (χ4v) is 4.15. The SMILES string of the molecule is CN1CCN(CC(NC(=O)CCn2c(=O)[nH]c(=O)c3ccccc32)c2ccccc2)CC1. The Morgan fingerprint density at radius 3 is 2.44 bits per heavy atom. The van der Waals surface area contributed by atoms with Gasteiger partial charge in [0.15, 0.2) is 0 Å². The van der Waals surface area contributed by atoms with E-state index in [9.17, 15) is 14.4 Å². The Morgan fingerprint density at radius 1 is 1.00 bits per heavy atom. The predicted molar refractivity (Wildman–Crippen MR) is 125 cm³/mol. The topological polar surface area (TPSA) is 90.4 Å². The number of para-hydroxylation sites is 1. The van der Waals surface area contributed by atoms with Crippen molar-refractivity contribution in [3.8, 4) is 0 Å². The molecule has 1 amide bonds. The third kappa shape index (κ3) is 5.15. The first kappa shape index (κ1) is 22.0. The second-order valence-corrected chi connectivity index (χ2v) is 8.31. The number of aryl methyl sites for hydroxylation is 1. The quantitative estimate of drug-likeness (QED) is 0.582. The molecular weight excluding hydrogens is 406 g/mol. The fraction of sp³-hybridized carbons (Fsp3) is 0.375. The van der Waals surface area contributed by atoms with Gasteiger partial charge in [-0.25, -0.2) is 4.79 Å². The smallest absolute Gasteiger partial charge is 0.328 e. The zero-order valence-corrected chi connectivity index (χ0v) is 18.3. The molecule has 2 heterocycles. The van der Waals surface area contributed by atoms with E-state index in [1.165, 1.54) is 4.57 Å². The van der Waals surface area contributed by atoms with Gasteiger partial charge in [-0.1, -0.05) is 42.5 Å². The Morgan fingerprint density at radius 2 is 1.69 bits per heavy atom. The van der Waals surface area contributed by atoms with Gasteiger partial charge in [-0.05, 0) is 24.7 Å². The molecule has 0 spiro atoms. The van der Waals surface area contributed by atoms with E-state index >= 15 is 0 Å². The monoisotopic (exact) mass is 435 g/mol. The molecule has 168 valence electrons. The minimum atomic E-state index is -0.501. The van der Waals surface area contributed by atoms with Gasteiger partial charge in [0.1, 0.15) is 0 Å². The summed E-state index contributed by atoms with van der Waals surface area (Å²) in [5.41, 5.74) is 0.679. The van der Waals surface area contributed by atoms with E-state index in [0.29, 0.717) is 10.9 Å². The molecule has 1 fully saturated rings. The highest BCUT2D eigenvalue weighted by molar-refractivity contribution is 5.79. The lowest BCUT2D eigenvalue weighted by molar-refractivity contribution is -0.122. The van der Waals surface area contributed by atoms with Gasteiger partial charge in [-0.2, -0.15) is 0 Å². The lowest BCUT2D eigenvalue weighted by atomic mass is 10.1. The predicted octanol–water partition coefficient (Wildman–Crippen LogP) is 1.18. The molecule has 0 bridgehead atoms. The molecular formula is C24H29N5O3. The van der Waals surface area contributed by atoms with Crippen LogP contribution in [0.1, 0.15) is 18.0 Å². The summed E-state index contributed by atoms with van der Waals surface area (Å²) in [7, 11) is 2.12. The molecule has 0 saturated carbocycles. The number of aromatic nitrogens is 2. The number of H-pyrrole nitrogens is 1. The third-order valence-corrected chi connectivity index (χ3v) is 6.04. The van der Waals surface area contributed by atoms with Crippen LogP contribution < -0.4 is 16.6 Å². The number of aromatic amines is 1. The van der Waals surface area contributed by atoms with Crippen LogP contribution in [0.2, 0.25) is 0 Å². The van der Waals surface area contributed by atoms with Gasteiger partial charge in [-0.15, -0.1) is 0 Å². The van der Waals surface area contributed by atoms with Gasteiger partial charge in [0.2, 0.25) is 5.91 Å². The minimum Gasteiger partial charge on any atom is -0.348 e. The molecule has 1 aliphatic heterocycles. The van der Waals surface area contributed by atoms with Crippen molar-refractivity contribution in [3.05, 3.63) is 81.0 Å². The first-order valence-electron chi connectivity index (χ1n) is 11.0. The summed E-state index contributed by atoms with van der Waals surface area (Å²) in [5.74, 6) is -0.129. The summed E-state index contributed by atoms with van der Waals surface area (Å²) in [6, 6.07) is 16.8. The van der Waals surface area contributed by atoms with Crippen LogP contribution in [0.15, 0.2) is 64.2 Å². The van der Waals surface area contributed by atoms with Crippen LogP contribution in [0.3, 0.4) is 0 Å². The second kappa shape index (κ2) is 9.93. The van der Waals surface area contributed by atoms with Crippen LogP contribution >= 0.6 is 0 Å². The summed E-state index contributed by atoms with van der Waals surface area (Å²) in [6.07, 6.45) is 0.141. The number of nitrogens with zero attached hydrogens (tertiary/aromatic N) is 3. The molecule has 0 radical (unpaired) electrons. The lowest BCUT2D eigenvalue weighted by Crippen LogP contribution is -2.48. The molecule has 8 heteroatoms. The molecule has 1 unspecified atom stereocenters. The van der Waals surface area contributed by atoms with Gasteiger partial charge in [0.05, 0.1) is 16.9 Å². The molecule has 8 nitrogen and oxygen atoms in total. The molecule has 32 heavy (non-hydrogen) atoms. The number of likely N-dealkylation sites (N-methyl/N-ethyl adjacent to an activating group) is 1. The minimum absolute atomic E-state index is 0.129. The van der Waals surface area contributed by atoms with Crippen molar-refractivity contribution in [1.29, 1.82) is 0 Å². The van der Waals surface area contributed by atoms with E-state index in [2.05, 4.69) is 27.1 Å². The van der Waals surface area contributed by atoms with E-state index < -0.39 is 11.2 Å². The van der Waals surface area contributed by atoms with Crippen molar-refractivity contribution in [2.24, 2.45) is 0 Å². The molecule has 1 atom stereocenters. The van der Waals surface area contributed by atoms with Crippen molar-refractivity contribution >= 4 is 16.8 Å². The summed E-state index contributed by atoms with van der Waals surface area (Å²) < 4.78 is 1.45. The molecule has 0 aliphatic carbocycles. The molecule has 1 aromatic heterocycles. The van der Waals surface area contributed by atoms with Crippen molar-refractivity contribution in [2.75, 3.05) is 39.8 Å². The average molecular weight is 436 g/mol. The number of rotatable bonds is 7.